The molecule has 1 aliphatic heterocycles. The van der Waals surface area contributed by atoms with Gasteiger partial charge in [-0.1, -0.05) is 6.07 Å². The number of aliphatic carboxylic acids is 1. The molecule has 0 radical (unpaired) electrons. The van der Waals surface area contributed by atoms with Crippen molar-refractivity contribution in [2.45, 2.75) is 25.5 Å². The van der Waals surface area contributed by atoms with E-state index in [1.54, 1.807) is 6.07 Å². The molecule has 1 fully saturated rings. The lowest BCUT2D eigenvalue weighted by molar-refractivity contribution is -0.142. The third-order valence-electron chi connectivity index (χ3n) is 3.41. The fourth-order valence-electron chi connectivity index (χ4n) is 2.41. The highest BCUT2D eigenvalue weighted by Crippen LogP contribution is 2.24. The Labute approximate surface area is 130 Å². The molecule has 0 saturated carbocycles. The van der Waals surface area contributed by atoms with Gasteiger partial charge in [-0.05, 0) is 40.5 Å². The van der Waals surface area contributed by atoms with E-state index in [1.807, 2.05) is 19.1 Å². The van der Waals surface area contributed by atoms with Gasteiger partial charge in [-0.15, -0.1) is 0 Å². The Hall–Kier alpha value is -1.44. The topological polar surface area (TPSA) is 89.9 Å². The molecule has 21 heavy (non-hydrogen) atoms. The fourth-order valence-corrected chi connectivity index (χ4v) is 3.00. The number of nitrogens with zero attached hydrogens (tertiary/aromatic N) is 1. The average molecular weight is 357 g/mol. The number of hydrogen-bond donors (Lipinski definition) is 3. The number of halogens is 1. The summed E-state index contributed by atoms with van der Waals surface area (Å²) in [7, 11) is 0. The number of anilines is 1. The molecular weight excluding hydrogens is 340 g/mol. The molecule has 2 rings (SSSR count). The van der Waals surface area contributed by atoms with Crippen molar-refractivity contribution in [1.29, 1.82) is 0 Å². The van der Waals surface area contributed by atoms with Crippen molar-refractivity contribution in [3.05, 3.63) is 28.2 Å². The summed E-state index contributed by atoms with van der Waals surface area (Å²) >= 11 is 3.37. The quantitative estimate of drug-likeness (QED) is 0.754. The predicted octanol–water partition coefficient (Wildman–Crippen LogP) is 1.22. The summed E-state index contributed by atoms with van der Waals surface area (Å²) in [6.07, 6.45) is -0.554. The fraction of sp³-hybridized carbons (Fsp3) is 0.429. The van der Waals surface area contributed by atoms with Crippen molar-refractivity contribution in [1.82, 2.24) is 4.90 Å². The smallest absolute Gasteiger partial charge is 0.321 e. The van der Waals surface area contributed by atoms with E-state index < -0.39 is 18.1 Å². The Morgan fingerprint density at radius 1 is 1.48 bits per heavy atom. The lowest BCUT2D eigenvalue weighted by Crippen LogP contribution is -2.41. The summed E-state index contributed by atoms with van der Waals surface area (Å²) in [5, 5.41) is 21.4. The lowest BCUT2D eigenvalue weighted by Gasteiger charge is -2.20. The van der Waals surface area contributed by atoms with Gasteiger partial charge in [-0.25, -0.2) is 0 Å². The second-order valence-electron chi connectivity index (χ2n) is 5.20. The van der Waals surface area contributed by atoms with Crippen molar-refractivity contribution < 1.29 is 19.8 Å². The second-order valence-corrected chi connectivity index (χ2v) is 6.06. The summed E-state index contributed by atoms with van der Waals surface area (Å²) in [6.45, 7) is 2.08. The highest BCUT2D eigenvalue weighted by molar-refractivity contribution is 9.10. The van der Waals surface area contributed by atoms with Gasteiger partial charge in [0, 0.05) is 17.4 Å². The van der Waals surface area contributed by atoms with E-state index in [0.717, 1.165) is 10.0 Å². The molecule has 1 aromatic rings. The predicted molar refractivity (Wildman–Crippen MR) is 81.1 cm³/mol. The number of nitrogens with one attached hydrogen (secondary N) is 1. The molecule has 7 heteroatoms. The number of carbonyl (C=O) groups excluding carboxylic acids is 1. The first-order valence-electron chi connectivity index (χ1n) is 6.57. The Morgan fingerprint density at radius 3 is 2.81 bits per heavy atom. The number of aliphatic hydroxyl groups is 1. The zero-order valence-corrected chi connectivity index (χ0v) is 13.1. The molecule has 2 atom stereocenters. The summed E-state index contributed by atoms with van der Waals surface area (Å²) in [5.74, 6) is -1.32. The van der Waals surface area contributed by atoms with Crippen molar-refractivity contribution in [2.24, 2.45) is 0 Å². The summed E-state index contributed by atoms with van der Waals surface area (Å²) in [5.41, 5.74) is 1.70. The number of β-amino-alcohol motifs (C(OH)–C–C–N with tert-alkyl or cyclic N) is 1. The molecule has 0 spiro atoms. The van der Waals surface area contributed by atoms with Gasteiger partial charge >= 0.3 is 5.97 Å². The minimum absolute atomic E-state index is 0.0612. The minimum atomic E-state index is -1.02. The molecule has 3 N–H and O–H groups in total. The molecular formula is C14H17BrN2O4. The second kappa shape index (κ2) is 6.55. The van der Waals surface area contributed by atoms with Crippen molar-refractivity contribution >= 4 is 33.5 Å². The maximum absolute atomic E-state index is 12.0. The largest absolute Gasteiger partial charge is 0.480 e. The number of likely N-dealkylation sites (tertiary alicyclic amines) is 1. The van der Waals surface area contributed by atoms with Crippen molar-refractivity contribution in [2.75, 3.05) is 18.4 Å². The van der Waals surface area contributed by atoms with Crippen LogP contribution in [0.5, 0.6) is 0 Å². The maximum Gasteiger partial charge on any atom is 0.321 e. The van der Waals surface area contributed by atoms with Gasteiger partial charge in [0.2, 0.25) is 5.91 Å². The van der Waals surface area contributed by atoms with Crippen LogP contribution in [0, 0.1) is 6.92 Å². The SMILES string of the molecule is Cc1ccc(NC(=O)CN2CC(O)CC2C(=O)O)c(Br)c1. The number of carbonyl (C=O) groups is 2. The first-order valence-corrected chi connectivity index (χ1v) is 7.37. The van der Waals surface area contributed by atoms with Crippen LogP contribution in [0.4, 0.5) is 5.69 Å². The monoisotopic (exact) mass is 356 g/mol. The van der Waals surface area contributed by atoms with Gasteiger partial charge < -0.3 is 15.5 Å². The molecule has 6 nitrogen and oxygen atoms in total. The number of carboxylic acids is 1. The molecule has 0 bridgehead atoms. The number of aliphatic hydroxyl groups excluding tert-OH is 1. The van der Waals surface area contributed by atoms with Crippen LogP contribution in [0.2, 0.25) is 0 Å². The first kappa shape index (κ1) is 15.9. The zero-order chi connectivity index (χ0) is 15.6. The summed E-state index contributed by atoms with van der Waals surface area (Å²) in [6, 6.07) is 4.73. The van der Waals surface area contributed by atoms with Crippen LogP contribution >= 0.6 is 15.9 Å². The maximum atomic E-state index is 12.0. The van der Waals surface area contributed by atoms with Gasteiger partial charge in [0.25, 0.3) is 0 Å². The van der Waals surface area contributed by atoms with Crippen LogP contribution in [0.25, 0.3) is 0 Å². The number of amides is 1. The normalized spacial score (nSPS) is 22.2. The molecule has 2 unspecified atom stereocenters. The minimum Gasteiger partial charge on any atom is -0.480 e. The molecule has 0 aliphatic carbocycles. The van der Waals surface area contributed by atoms with Gasteiger partial charge in [0.15, 0.2) is 0 Å². The van der Waals surface area contributed by atoms with Crippen LogP contribution in [-0.4, -0.2) is 52.2 Å². The third kappa shape index (κ3) is 4.03. The number of aryl methyl sites for hydroxylation is 1. The molecule has 1 amide bonds. The van der Waals surface area contributed by atoms with E-state index in [0.29, 0.717) is 5.69 Å². The van der Waals surface area contributed by atoms with E-state index in [1.165, 1.54) is 4.90 Å². The van der Waals surface area contributed by atoms with Crippen molar-refractivity contribution in [3.63, 3.8) is 0 Å². The van der Waals surface area contributed by atoms with Gasteiger partial charge in [0.05, 0.1) is 18.3 Å². The number of rotatable bonds is 4. The van der Waals surface area contributed by atoms with Gasteiger partial charge in [-0.3, -0.25) is 14.5 Å². The molecule has 1 aromatic carbocycles. The number of benzene rings is 1. The van der Waals surface area contributed by atoms with Crippen LogP contribution in [0.3, 0.4) is 0 Å². The highest BCUT2D eigenvalue weighted by Gasteiger charge is 2.36. The van der Waals surface area contributed by atoms with E-state index >= 15 is 0 Å². The first-order chi connectivity index (χ1) is 9.86. The zero-order valence-electron chi connectivity index (χ0n) is 11.5. The van der Waals surface area contributed by atoms with E-state index in [4.69, 9.17) is 5.11 Å². The number of carboxylic acid groups (broad SMARTS) is 1. The van der Waals surface area contributed by atoms with Crippen molar-refractivity contribution in [3.8, 4) is 0 Å². The van der Waals surface area contributed by atoms with Gasteiger partial charge in [0.1, 0.15) is 6.04 Å². The Morgan fingerprint density at radius 2 is 2.19 bits per heavy atom. The van der Waals surface area contributed by atoms with E-state index in [-0.39, 0.29) is 25.4 Å². The van der Waals surface area contributed by atoms with E-state index in [9.17, 15) is 14.7 Å². The summed E-state index contributed by atoms with van der Waals surface area (Å²) < 4.78 is 0.770. The molecule has 1 heterocycles. The average Bonchev–Trinajstić information content (AvgIpc) is 2.74. The Kier molecular flexibility index (Phi) is 4.97. The highest BCUT2D eigenvalue weighted by atomic mass is 79.9. The molecule has 0 aromatic heterocycles. The van der Waals surface area contributed by atoms with Gasteiger partial charge in [-0.2, -0.15) is 0 Å². The Bertz CT molecular complexity index is 564. The van der Waals surface area contributed by atoms with E-state index in [2.05, 4.69) is 21.2 Å². The Balaban J connectivity index is 1.99. The molecule has 114 valence electrons. The standard InChI is InChI=1S/C14H17BrN2O4/c1-8-2-3-11(10(15)4-8)16-13(19)7-17-6-9(18)5-12(17)14(20)21/h2-4,9,12,18H,5-7H2,1H3,(H,16,19)(H,20,21). The summed E-state index contributed by atoms with van der Waals surface area (Å²) in [4.78, 5) is 24.6. The van der Waals surface area contributed by atoms with Crippen LogP contribution in [0.1, 0.15) is 12.0 Å². The number of hydrogen-bond acceptors (Lipinski definition) is 4. The van der Waals surface area contributed by atoms with Crippen LogP contribution in [0.15, 0.2) is 22.7 Å². The molecule has 1 saturated heterocycles. The third-order valence-corrected chi connectivity index (χ3v) is 4.07. The lowest BCUT2D eigenvalue weighted by atomic mass is 10.2. The van der Waals surface area contributed by atoms with Crippen LogP contribution in [-0.2, 0) is 9.59 Å². The van der Waals surface area contributed by atoms with Crippen LogP contribution < -0.4 is 5.32 Å². The molecule has 1 aliphatic rings.